The Morgan fingerprint density at radius 3 is 2.38 bits per heavy atom. The van der Waals surface area contributed by atoms with Crippen molar-refractivity contribution in [2.75, 3.05) is 19.6 Å². The monoisotopic (exact) mass is 382 g/mol. The van der Waals surface area contributed by atoms with Crippen LogP contribution >= 0.6 is 12.4 Å². The van der Waals surface area contributed by atoms with Gasteiger partial charge in [0.1, 0.15) is 5.75 Å². The zero-order valence-electron chi connectivity index (χ0n) is 14.3. The predicted octanol–water partition coefficient (Wildman–Crippen LogP) is 1.56. The number of carbonyl (C=O) groups excluding carboxylic acids is 2. The molecule has 0 aromatic heterocycles. The Morgan fingerprint density at radius 2 is 1.81 bits per heavy atom. The zero-order valence-corrected chi connectivity index (χ0v) is 15.2. The van der Waals surface area contributed by atoms with Gasteiger partial charge in [-0.25, -0.2) is 0 Å². The molecule has 2 aliphatic rings. The highest BCUT2D eigenvalue weighted by Crippen LogP contribution is 2.29. The largest absolute Gasteiger partial charge is 0.481 e. The minimum Gasteiger partial charge on any atom is -0.481 e. The van der Waals surface area contributed by atoms with Crippen LogP contribution in [0.3, 0.4) is 0 Å². The van der Waals surface area contributed by atoms with Crippen molar-refractivity contribution in [2.24, 2.45) is 0 Å². The maximum absolute atomic E-state index is 11.7. The average Bonchev–Trinajstić information content (AvgIpc) is 2.58. The predicted molar refractivity (Wildman–Crippen MR) is 96.5 cm³/mol. The van der Waals surface area contributed by atoms with Gasteiger partial charge >= 0.3 is 5.97 Å². The van der Waals surface area contributed by atoms with Crippen molar-refractivity contribution in [3.8, 4) is 5.75 Å². The molecule has 1 aromatic rings. The summed E-state index contributed by atoms with van der Waals surface area (Å²) in [4.78, 5) is 35.6. The Labute approximate surface area is 158 Å². The van der Waals surface area contributed by atoms with Crippen LogP contribution in [0.25, 0.3) is 0 Å². The fourth-order valence-corrected chi connectivity index (χ4v) is 3.38. The van der Waals surface area contributed by atoms with Crippen molar-refractivity contribution in [1.82, 2.24) is 10.2 Å². The lowest BCUT2D eigenvalue weighted by Gasteiger charge is -2.31. The number of nitrogens with one attached hydrogen (secondary N) is 1. The molecule has 2 heterocycles. The number of carboxylic acid groups (broad SMARTS) is 1. The number of piperidine rings is 2. The molecule has 142 valence electrons. The van der Waals surface area contributed by atoms with Gasteiger partial charge in [0.25, 0.3) is 5.91 Å². The van der Waals surface area contributed by atoms with Gasteiger partial charge in [-0.3, -0.25) is 24.6 Å². The average molecular weight is 383 g/mol. The molecule has 0 bridgehead atoms. The molecule has 7 nitrogen and oxygen atoms in total. The number of carbonyl (C=O) groups is 3. The standard InChI is InChI=1S/C18H22N2O5.ClH/c21-16-6-5-15(18(24)19-16)25-14-3-1-12(2-4-14)13-7-9-20(10-8-13)11-17(22)23;/h1-4,13,15H,5-11H2,(H,22,23)(H,19,21,24);1H/t15-;/m0./s1. The fourth-order valence-electron chi connectivity index (χ4n) is 3.38. The molecule has 2 amide bonds. The quantitative estimate of drug-likeness (QED) is 0.750. The summed E-state index contributed by atoms with van der Waals surface area (Å²) in [6.45, 7) is 1.67. The molecular weight excluding hydrogens is 360 g/mol. The Balaban J connectivity index is 0.00000243. The third kappa shape index (κ3) is 5.19. The number of rotatable bonds is 5. The second-order valence-electron chi connectivity index (χ2n) is 6.57. The lowest BCUT2D eigenvalue weighted by Crippen LogP contribution is -2.46. The smallest absolute Gasteiger partial charge is 0.317 e. The number of carboxylic acids is 1. The van der Waals surface area contributed by atoms with Crippen LogP contribution in [0.5, 0.6) is 5.75 Å². The molecule has 0 unspecified atom stereocenters. The number of nitrogens with zero attached hydrogens (tertiary/aromatic N) is 1. The van der Waals surface area contributed by atoms with Gasteiger partial charge in [-0.1, -0.05) is 12.1 Å². The van der Waals surface area contributed by atoms with Crippen LogP contribution in [0.4, 0.5) is 0 Å². The highest BCUT2D eigenvalue weighted by atomic mass is 35.5. The normalized spacial score (nSPS) is 21.6. The highest BCUT2D eigenvalue weighted by Gasteiger charge is 2.28. The van der Waals surface area contributed by atoms with Crippen LogP contribution in [0.1, 0.15) is 37.2 Å². The van der Waals surface area contributed by atoms with Crippen molar-refractivity contribution >= 4 is 30.2 Å². The molecule has 8 heteroatoms. The summed E-state index contributed by atoms with van der Waals surface area (Å²) in [5.74, 6) is -0.398. The minimum atomic E-state index is -0.784. The van der Waals surface area contributed by atoms with Crippen LogP contribution in [0.15, 0.2) is 24.3 Å². The Bertz CT molecular complexity index is 656. The number of aliphatic carboxylic acids is 1. The SMILES string of the molecule is Cl.O=C(O)CN1CCC(c2ccc(O[C@H]3CCC(=O)NC3=O)cc2)CC1. The van der Waals surface area contributed by atoms with E-state index in [9.17, 15) is 14.4 Å². The number of amides is 2. The van der Waals surface area contributed by atoms with E-state index < -0.39 is 12.1 Å². The van der Waals surface area contributed by atoms with Gasteiger partial charge in [0, 0.05) is 12.8 Å². The maximum Gasteiger partial charge on any atom is 0.317 e. The van der Waals surface area contributed by atoms with E-state index in [4.69, 9.17) is 9.84 Å². The number of ether oxygens (including phenoxy) is 1. The zero-order chi connectivity index (χ0) is 17.8. The second-order valence-corrected chi connectivity index (χ2v) is 6.57. The van der Waals surface area contributed by atoms with Crippen LogP contribution in [0, 0.1) is 0 Å². The minimum absolute atomic E-state index is 0. The summed E-state index contributed by atoms with van der Waals surface area (Å²) in [5, 5.41) is 11.1. The first-order chi connectivity index (χ1) is 12.0. The van der Waals surface area contributed by atoms with Gasteiger partial charge in [0.05, 0.1) is 6.54 Å². The van der Waals surface area contributed by atoms with E-state index in [0.29, 0.717) is 24.5 Å². The van der Waals surface area contributed by atoms with E-state index in [1.54, 1.807) is 0 Å². The first kappa shape index (κ1) is 20.2. The van der Waals surface area contributed by atoms with E-state index >= 15 is 0 Å². The molecule has 0 radical (unpaired) electrons. The van der Waals surface area contributed by atoms with Gasteiger partial charge in [0.2, 0.25) is 5.91 Å². The number of halogens is 1. The summed E-state index contributed by atoms with van der Waals surface area (Å²) in [6.07, 6.45) is 1.93. The van der Waals surface area contributed by atoms with E-state index in [1.165, 1.54) is 5.56 Å². The third-order valence-electron chi connectivity index (χ3n) is 4.76. The summed E-state index contributed by atoms with van der Waals surface area (Å²) in [6, 6.07) is 7.70. The lowest BCUT2D eigenvalue weighted by atomic mass is 9.89. The molecular formula is C18H23ClN2O5. The molecule has 0 spiro atoms. The molecule has 26 heavy (non-hydrogen) atoms. The fraction of sp³-hybridized carbons (Fsp3) is 0.500. The van der Waals surface area contributed by atoms with Gasteiger partial charge in [0.15, 0.2) is 6.10 Å². The van der Waals surface area contributed by atoms with Crippen molar-refractivity contribution in [3.05, 3.63) is 29.8 Å². The van der Waals surface area contributed by atoms with Gasteiger partial charge in [-0.2, -0.15) is 0 Å². The molecule has 1 aromatic carbocycles. The van der Waals surface area contributed by atoms with Crippen molar-refractivity contribution < 1.29 is 24.2 Å². The van der Waals surface area contributed by atoms with Gasteiger partial charge < -0.3 is 9.84 Å². The van der Waals surface area contributed by atoms with Crippen LogP contribution in [-0.4, -0.2) is 53.5 Å². The first-order valence-corrected chi connectivity index (χ1v) is 8.56. The van der Waals surface area contributed by atoms with Crippen molar-refractivity contribution in [2.45, 2.75) is 37.7 Å². The number of imide groups is 1. The number of hydrogen-bond acceptors (Lipinski definition) is 5. The summed E-state index contributed by atoms with van der Waals surface area (Å²) < 4.78 is 5.68. The third-order valence-corrected chi connectivity index (χ3v) is 4.76. The summed E-state index contributed by atoms with van der Waals surface area (Å²) in [7, 11) is 0. The van der Waals surface area contributed by atoms with E-state index in [2.05, 4.69) is 5.32 Å². The van der Waals surface area contributed by atoms with Crippen LogP contribution < -0.4 is 10.1 Å². The number of likely N-dealkylation sites (tertiary alicyclic amines) is 1. The lowest BCUT2D eigenvalue weighted by molar-refractivity contribution is -0.139. The molecule has 2 saturated heterocycles. The molecule has 2 N–H and O–H groups in total. The molecule has 3 rings (SSSR count). The number of hydrogen-bond donors (Lipinski definition) is 2. The molecule has 0 saturated carbocycles. The highest BCUT2D eigenvalue weighted by molar-refractivity contribution is 5.99. The van der Waals surface area contributed by atoms with Crippen molar-refractivity contribution in [1.29, 1.82) is 0 Å². The van der Waals surface area contributed by atoms with Gasteiger partial charge in [-0.15, -0.1) is 12.4 Å². The van der Waals surface area contributed by atoms with E-state index in [1.807, 2.05) is 29.2 Å². The molecule has 1 atom stereocenters. The number of benzene rings is 1. The van der Waals surface area contributed by atoms with E-state index in [0.717, 1.165) is 25.9 Å². The van der Waals surface area contributed by atoms with Crippen LogP contribution in [-0.2, 0) is 14.4 Å². The van der Waals surface area contributed by atoms with Crippen molar-refractivity contribution in [3.63, 3.8) is 0 Å². The first-order valence-electron chi connectivity index (χ1n) is 8.56. The second kappa shape index (κ2) is 9.00. The Morgan fingerprint density at radius 1 is 1.15 bits per heavy atom. The topological polar surface area (TPSA) is 95.9 Å². The molecule has 0 aliphatic carbocycles. The maximum atomic E-state index is 11.7. The van der Waals surface area contributed by atoms with Gasteiger partial charge in [-0.05, 0) is 49.5 Å². The van der Waals surface area contributed by atoms with E-state index in [-0.39, 0.29) is 30.8 Å². The van der Waals surface area contributed by atoms with Crippen LogP contribution in [0.2, 0.25) is 0 Å². The molecule has 2 fully saturated rings. The molecule has 2 aliphatic heterocycles. The Kier molecular flexibility index (Phi) is 6.99. The Hall–Kier alpha value is -2.12. The summed E-state index contributed by atoms with van der Waals surface area (Å²) >= 11 is 0. The summed E-state index contributed by atoms with van der Waals surface area (Å²) in [5.41, 5.74) is 1.20.